The van der Waals surface area contributed by atoms with Crippen molar-refractivity contribution < 1.29 is 14.3 Å². The Morgan fingerprint density at radius 2 is 1.97 bits per heavy atom. The van der Waals surface area contributed by atoms with Gasteiger partial charge in [0.15, 0.2) is 0 Å². The van der Waals surface area contributed by atoms with Crippen molar-refractivity contribution in [2.24, 2.45) is 11.8 Å². The van der Waals surface area contributed by atoms with E-state index in [1.54, 1.807) is 38.3 Å². The van der Waals surface area contributed by atoms with Crippen molar-refractivity contribution in [3.05, 3.63) is 51.4 Å². The first kappa shape index (κ1) is 23.0. The number of hydrogen-bond donors (Lipinski definition) is 1. The Bertz CT molecular complexity index is 1260. The van der Waals surface area contributed by atoms with E-state index in [9.17, 15) is 14.4 Å². The molecule has 2 atom stereocenters. The van der Waals surface area contributed by atoms with Crippen LogP contribution < -0.4 is 15.6 Å². The number of aryl methyl sites for hydroxylation is 1. The number of carbonyl (C=O) groups excluding carboxylic acids is 2. The van der Waals surface area contributed by atoms with Gasteiger partial charge in [0.2, 0.25) is 5.91 Å². The Balaban J connectivity index is 1.58. The number of carbonyl (C=O) groups is 2. The van der Waals surface area contributed by atoms with Crippen LogP contribution >= 0.6 is 11.3 Å². The zero-order valence-corrected chi connectivity index (χ0v) is 20.1. The van der Waals surface area contributed by atoms with Crippen LogP contribution in [0.15, 0.2) is 35.4 Å². The molecule has 8 nitrogen and oxygen atoms in total. The number of nitrogens with one attached hydrogen (secondary N) is 1. The van der Waals surface area contributed by atoms with E-state index >= 15 is 0 Å². The number of rotatable bonds is 5. The monoisotopic (exact) mass is 468 g/mol. The second-order valence-corrected chi connectivity index (χ2v) is 9.84. The Kier molecular flexibility index (Phi) is 6.51. The molecule has 3 heterocycles. The van der Waals surface area contributed by atoms with Crippen LogP contribution in [0.1, 0.15) is 35.5 Å². The van der Waals surface area contributed by atoms with Crippen LogP contribution in [-0.2, 0) is 11.3 Å². The number of thiophene rings is 1. The van der Waals surface area contributed by atoms with Gasteiger partial charge in [0.1, 0.15) is 17.1 Å². The maximum absolute atomic E-state index is 13.2. The van der Waals surface area contributed by atoms with E-state index in [2.05, 4.69) is 24.1 Å². The van der Waals surface area contributed by atoms with Crippen molar-refractivity contribution in [1.82, 2.24) is 14.5 Å². The number of ether oxygens (including phenoxy) is 1. The number of fused-ring (bicyclic) bond motifs is 1. The minimum Gasteiger partial charge on any atom is -0.497 e. The van der Waals surface area contributed by atoms with Gasteiger partial charge in [-0.2, -0.15) is 0 Å². The quantitative estimate of drug-likeness (QED) is 0.618. The highest BCUT2D eigenvalue weighted by atomic mass is 32.1. The van der Waals surface area contributed by atoms with Crippen LogP contribution in [-0.4, -0.2) is 46.5 Å². The maximum Gasteiger partial charge on any atom is 0.266 e. The predicted molar refractivity (Wildman–Crippen MR) is 129 cm³/mol. The molecule has 1 aliphatic rings. The van der Waals surface area contributed by atoms with E-state index < -0.39 is 0 Å². The minimum atomic E-state index is -0.318. The van der Waals surface area contributed by atoms with Gasteiger partial charge in [-0.15, -0.1) is 11.3 Å². The molecule has 1 N–H and O–H groups in total. The molecular weight excluding hydrogens is 440 g/mol. The fourth-order valence-corrected chi connectivity index (χ4v) is 5.52. The molecule has 0 spiro atoms. The predicted octanol–water partition coefficient (Wildman–Crippen LogP) is 3.53. The summed E-state index contributed by atoms with van der Waals surface area (Å²) in [6.07, 6.45) is 2.50. The third-order valence-electron chi connectivity index (χ3n) is 5.98. The summed E-state index contributed by atoms with van der Waals surface area (Å²) in [5.74, 6) is 1.12. The number of nitrogens with zero attached hydrogens (tertiary/aromatic N) is 3. The average Bonchev–Trinajstić information content (AvgIpc) is 3.12. The minimum absolute atomic E-state index is 0.0537. The van der Waals surface area contributed by atoms with Gasteiger partial charge >= 0.3 is 0 Å². The second kappa shape index (κ2) is 9.35. The lowest BCUT2D eigenvalue weighted by molar-refractivity contribution is -0.134. The number of piperidine rings is 1. The SMILES string of the molecule is COc1cccc(NC(=O)c2sc3ncn(CC(=O)N4C[C@H](C)C[C@@H](C)C4)c(=O)c3c2C)c1. The van der Waals surface area contributed by atoms with Crippen LogP contribution in [0, 0.1) is 18.8 Å². The van der Waals surface area contributed by atoms with Crippen molar-refractivity contribution in [2.45, 2.75) is 33.7 Å². The fraction of sp³-hybridized carbons (Fsp3) is 0.417. The molecule has 9 heteroatoms. The topological polar surface area (TPSA) is 93.5 Å². The third kappa shape index (κ3) is 4.78. The summed E-state index contributed by atoms with van der Waals surface area (Å²) in [7, 11) is 1.56. The van der Waals surface area contributed by atoms with Crippen LogP contribution in [0.5, 0.6) is 5.75 Å². The molecule has 2 amide bonds. The van der Waals surface area contributed by atoms with Crippen molar-refractivity contribution in [2.75, 3.05) is 25.5 Å². The number of benzene rings is 1. The molecule has 2 aromatic heterocycles. The molecule has 1 saturated heterocycles. The molecule has 0 radical (unpaired) electrons. The number of aromatic nitrogens is 2. The molecule has 3 aromatic rings. The van der Waals surface area contributed by atoms with Gasteiger partial charge in [-0.25, -0.2) is 4.98 Å². The van der Waals surface area contributed by atoms with E-state index in [-0.39, 0.29) is 23.9 Å². The van der Waals surface area contributed by atoms with Gasteiger partial charge in [-0.1, -0.05) is 19.9 Å². The summed E-state index contributed by atoms with van der Waals surface area (Å²) in [5.41, 5.74) is 0.854. The largest absolute Gasteiger partial charge is 0.497 e. The maximum atomic E-state index is 13.2. The highest BCUT2D eigenvalue weighted by Crippen LogP contribution is 2.28. The molecule has 33 heavy (non-hydrogen) atoms. The summed E-state index contributed by atoms with van der Waals surface area (Å²) in [5, 5.41) is 3.23. The zero-order valence-electron chi connectivity index (χ0n) is 19.3. The first-order valence-corrected chi connectivity index (χ1v) is 11.8. The van der Waals surface area contributed by atoms with Crippen LogP contribution in [0.25, 0.3) is 10.2 Å². The van der Waals surface area contributed by atoms with E-state index in [1.165, 1.54) is 22.2 Å². The van der Waals surface area contributed by atoms with E-state index in [1.807, 2.05) is 4.90 Å². The lowest BCUT2D eigenvalue weighted by atomic mass is 9.92. The van der Waals surface area contributed by atoms with Gasteiger partial charge in [0.05, 0.1) is 23.7 Å². The fourth-order valence-electron chi connectivity index (χ4n) is 4.49. The summed E-state index contributed by atoms with van der Waals surface area (Å²) in [6, 6.07) is 7.06. The number of methoxy groups -OCH3 is 1. The van der Waals surface area contributed by atoms with Crippen LogP contribution in [0.2, 0.25) is 0 Å². The first-order chi connectivity index (χ1) is 15.8. The van der Waals surface area contributed by atoms with Gasteiger partial charge in [0.25, 0.3) is 11.5 Å². The molecule has 1 aliphatic heterocycles. The van der Waals surface area contributed by atoms with E-state index in [0.29, 0.717) is 57.0 Å². The number of anilines is 1. The zero-order chi connectivity index (χ0) is 23.7. The Morgan fingerprint density at radius 1 is 1.24 bits per heavy atom. The highest BCUT2D eigenvalue weighted by molar-refractivity contribution is 7.20. The van der Waals surface area contributed by atoms with E-state index in [0.717, 1.165) is 6.42 Å². The second-order valence-electron chi connectivity index (χ2n) is 8.84. The van der Waals surface area contributed by atoms with Crippen molar-refractivity contribution in [3.8, 4) is 5.75 Å². The normalized spacial score (nSPS) is 18.4. The molecule has 4 rings (SSSR count). The number of likely N-dealkylation sites (tertiary alicyclic amines) is 1. The van der Waals surface area contributed by atoms with Crippen molar-refractivity contribution in [3.63, 3.8) is 0 Å². The lowest BCUT2D eigenvalue weighted by Crippen LogP contribution is -2.44. The number of hydrogen-bond acceptors (Lipinski definition) is 6. The van der Waals surface area contributed by atoms with Crippen molar-refractivity contribution >= 4 is 39.1 Å². The number of amides is 2. The first-order valence-electron chi connectivity index (χ1n) is 11.0. The molecule has 0 saturated carbocycles. The Morgan fingerprint density at radius 3 is 2.67 bits per heavy atom. The lowest BCUT2D eigenvalue weighted by Gasteiger charge is -2.35. The molecule has 1 fully saturated rings. The van der Waals surface area contributed by atoms with Gasteiger partial charge in [-0.3, -0.25) is 19.0 Å². The summed E-state index contributed by atoms with van der Waals surface area (Å²) >= 11 is 1.17. The highest BCUT2D eigenvalue weighted by Gasteiger charge is 2.26. The van der Waals surface area contributed by atoms with Gasteiger partial charge in [-0.05, 0) is 42.9 Å². The summed E-state index contributed by atoms with van der Waals surface area (Å²) in [4.78, 5) is 46.1. The summed E-state index contributed by atoms with van der Waals surface area (Å²) in [6.45, 7) is 7.38. The van der Waals surface area contributed by atoms with Gasteiger partial charge in [0, 0.05) is 24.8 Å². The molecule has 0 unspecified atom stereocenters. The molecule has 174 valence electrons. The Labute approximate surface area is 196 Å². The smallest absolute Gasteiger partial charge is 0.266 e. The molecule has 1 aromatic carbocycles. The van der Waals surface area contributed by atoms with Crippen molar-refractivity contribution in [1.29, 1.82) is 0 Å². The molecule has 0 aliphatic carbocycles. The third-order valence-corrected chi connectivity index (χ3v) is 7.18. The van der Waals surface area contributed by atoms with E-state index in [4.69, 9.17) is 4.74 Å². The Hall–Kier alpha value is -3.20. The molecular formula is C24H28N4O4S. The standard InChI is InChI=1S/C24H28N4O4S/c1-14-8-15(2)11-27(10-14)19(29)12-28-13-25-23-20(24(28)31)16(3)21(33-23)22(30)26-17-6-5-7-18(9-17)32-4/h5-7,9,13-15H,8,10-12H2,1-4H3,(H,26,30)/t14-,15-/m1/s1. The van der Waals surface area contributed by atoms with Crippen LogP contribution in [0.3, 0.4) is 0 Å². The molecule has 0 bridgehead atoms. The average molecular weight is 469 g/mol. The summed E-state index contributed by atoms with van der Waals surface area (Å²) < 4.78 is 6.54. The van der Waals surface area contributed by atoms with Crippen LogP contribution in [0.4, 0.5) is 5.69 Å². The van der Waals surface area contributed by atoms with Gasteiger partial charge < -0.3 is 15.0 Å².